The molecule has 9 nitrogen and oxygen atoms in total. The van der Waals surface area contributed by atoms with Crippen LogP contribution in [0, 0.1) is 5.82 Å². The van der Waals surface area contributed by atoms with Crippen molar-refractivity contribution in [2.24, 2.45) is 0 Å². The minimum absolute atomic E-state index is 0.163. The van der Waals surface area contributed by atoms with Crippen molar-refractivity contribution in [1.82, 2.24) is 24.7 Å². The topological polar surface area (TPSA) is 115 Å². The number of fused-ring (bicyclic) bond motifs is 2. The van der Waals surface area contributed by atoms with Gasteiger partial charge >= 0.3 is 5.97 Å². The molecule has 0 radical (unpaired) electrons. The number of aromatic nitrogens is 5. The van der Waals surface area contributed by atoms with Crippen LogP contribution in [0.25, 0.3) is 33.2 Å². The van der Waals surface area contributed by atoms with Gasteiger partial charge in [0.15, 0.2) is 0 Å². The molecule has 0 aliphatic heterocycles. The van der Waals surface area contributed by atoms with Gasteiger partial charge in [-0.1, -0.05) is 30.3 Å². The van der Waals surface area contributed by atoms with Gasteiger partial charge in [-0.15, -0.1) is 0 Å². The number of methoxy groups -OCH3 is 1. The Morgan fingerprint density at radius 1 is 1.05 bits per heavy atom. The van der Waals surface area contributed by atoms with E-state index in [0.29, 0.717) is 59.3 Å². The highest BCUT2D eigenvalue weighted by molar-refractivity contribution is 5.92. The quantitative estimate of drug-likeness (QED) is 0.227. The molecule has 6 rings (SSSR count). The zero-order chi connectivity index (χ0) is 28.3. The fourth-order valence-corrected chi connectivity index (χ4v) is 4.78. The van der Waals surface area contributed by atoms with Crippen LogP contribution in [0.3, 0.4) is 0 Å². The monoisotopic (exact) mass is 551 g/mol. The fourth-order valence-electron chi connectivity index (χ4n) is 4.78. The number of hydrogen-bond donors (Lipinski definition) is 2. The molecule has 0 saturated carbocycles. The molecule has 3 aromatic carbocycles. The van der Waals surface area contributed by atoms with E-state index in [1.165, 1.54) is 12.1 Å². The van der Waals surface area contributed by atoms with Gasteiger partial charge in [-0.3, -0.25) is 5.10 Å². The van der Waals surface area contributed by atoms with Crippen LogP contribution in [-0.4, -0.2) is 49.5 Å². The maximum absolute atomic E-state index is 15.4. The normalized spacial score (nSPS) is 11.4. The third kappa shape index (κ3) is 5.50. The molecule has 3 aromatic heterocycles. The first-order valence-corrected chi connectivity index (χ1v) is 13.0. The van der Waals surface area contributed by atoms with Crippen molar-refractivity contribution in [3.63, 3.8) is 0 Å². The average Bonchev–Trinajstić information content (AvgIpc) is 3.59. The Labute approximate surface area is 234 Å². The van der Waals surface area contributed by atoms with Crippen molar-refractivity contribution in [3.8, 4) is 17.1 Å². The Hall–Kier alpha value is -5.09. The molecule has 3 heterocycles. The van der Waals surface area contributed by atoms with Gasteiger partial charge in [-0.25, -0.2) is 19.2 Å². The fraction of sp³-hybridized carbons (Fsp3) is 0.161. The largest absolute Gasteiger partial charge is 0.478 e. The van der Waals surface area contributed by atoms with Crippen LogP contribution in [0.4, 0.5) is 4.39 Å². The van der Waals surface area contributed by atoms with E-state index in [1.807, 2.05) is 41.0 Å². The van der Waals surface area contributed by atoms with E-state index in [-0.39, 0.29) is 17.8 Å². The lowest BCUT2D eigenvalue weighted by molar-refractivity contribution is 0.0697. The molecule has 0 saturated heterocycles. The summed E-state index contributed by atoms with van der Waals surface area (Å²) in [5.74, 6) is -0.356. The van der Waals surface area contributed by atoms with Crippen molar-refractivity contribution in [2.75, 3.05) is 13.7 Å². The molecular formula is C31H26FN5O4. The second-order valence-corrected chi connectivity index (χ2v) is 9.61. The number of aromatic carboxylic acids is 1. The van der Waals surface area contributed by atoms with Gasteiger partial charge in [-0.2, -0.15) is 5.10 Å². The highest BCUT2D eigenvalue weighted by Gasteiger charge is 2.16. The Bertz CT molecular complexity index is 1880. The molecule has 0 bridgehead atoms. The number of benzene rings is 3. The number of nitrogens with zero attached hydrogens (tertiary/aromatic N) is 4. The Balaban J connectivity index is 1.22. The van der Waals surface area contributed by atoms with Gasteiger partial charge < -0.3 is 19.1 Å². The van der Waals surface area contributed by atoms with Crippen LogP contribution >= 0.6 is 0 Å². The number of aromatic amines is 1. The number of rotatable bonds is 10. The number of carboxylic acids is 1. The zero-order valence-corrected chi connectivity index (χ0v) is 22.2. The minimum Gasteiger partial charge on any atom is -0.478 e. The third-order valence-electron chi connectivity index (χ3n) is 6.91. The number of ether oxygens (including phenoxy) is 2. The zero-order valence-electron chi connectivity index (χ0n) is 22.2. The lowest BCUT2D eigenvalue weighted by atomic mass is 10.1. The molecule has 10 heteroatoms. The second kappa shape index (κ2) is 11.2. The standard InChI is InChI=1S/C31H26FN5O4/c1-40-12-11-37-28-15-22(31(38)39)9-10-26(28)34-29(37)16-20-7-8-21(14-24(20)32)25-3-2-4-30(35-25)41-18-19-5-6-23-17-33-36-27(23)13-19/h2-10,13-15,17H,11-12,16,18H2,1H3,(H,33,36)(H,38,39). The van der Waals surface area contributed by atoms with E-state index in [9.17, 15) is 9.90 Å². The van der Waals surface area contributed by atoms with Crippen LogP contribution < -0.4 is 4.74 Å². The van der Waals surface area contributed by atoms with Gasteiger partial charge in [0.25, 0.3) is 0 Å². The molecule has 0 aliphatic carbocycles. The smallest absolute Gasteiger partial charge is 0.335 e. The van der Waals surface area contributed by atoms with E-state index in [2.05, 4.69) is 20.2 Å². The molecule has 2 N–H and O–H groups in total. The van der Waals surface area contributed by atoms with Crippen molar-refractivity contribution in [2.45, 2.75) is 19.6 Å². The van der Waals surface area contributed by atoms with Crippen molar-refractivity contribution < 1.29 is 23.8 Å². The number of pyridine rings is 1. The summed E-state index contributed by atoms with van der Waals surface area (Å²) >= 11 is 0. The summed E-state index contributed by atoms with van der Waals surface area (Å²) in [4.78, 5) is 20.7. The SMILES string of the molecule is COCCn1c(Cc2ccc(-c3cccc(OCc4ccc5cn[nH]c5c4)n3)cc2F)nc2ccc(C(=O)O)cc21. The summed E-state index contributed by atoms with van der Waals surface area (Å²) < 4.78 is 28.4. The molecule has 0 spiro atoms. The Morgan fingerprint density at radius 3 is 2.78 bits per heavy atom. The number of imidazole rings is 1. The van der Waals surface area contributed by atoms with Gasteiger partial charge in [0.2, 0.25) is 5.88 Å². The number of carboxylic acid groups (broad SMARTS) is 1. The maximum Gasteiger partial charge on any atom is 0.335 e. The van der Waals surface area contributed by atoms with Crippen molar-refractivity contribution in [1.29, 1.82) is 0 Å². The summed E-state index contributed by atoms with van der Waals surface area (Å²) in [6, 6.07) is 21.1. The van der Waals surface area contributed by atoms with Crippen molar-refractivity contribution in [3.05, 3.63) is 107 Å². The van der Waals surface area contributed by atoms with Gasteiger partial charge in [0.05, 0.1) is 40.6 Å². The van der Waals surface area contributed by atoms with Crippen LogP contribution in [0.1, 0.15) is 27.3 Å². The number of carbonyl (C=O) groups is 1. The first kappa shape index (κ1) is 26.1. The molecule has 6 aromatic rings. The predicted octanol–water partition coefficient (Wildman–Crippen LogP) is 5.63. The summed E-state index contributed by atoms with van der Waals surface area (Å²) in [5.41, 5.74) is 5.05. The second-order valence-electron chi connectivity index (χ2n) is 9.61. The van der Waals surface area contributed by atoms with E-state index < -0.39 is 5.97 Å². The first-order valence-electron chi connectivity index (χ1n) is 13.0. The summed E-state index contributed by atoms with van der Waals surface area (Å²) in [5, 5.41) is 17.4. The number of halogens is 1. The van der Waals surface area contributed by atoms with E-state index in [0.717, 1.165) is 16.5 Å². The highest BCUT2D eigenvalue weighted by atomic mass is 19.1. The molecule has 206 valence electrons. The molecule has 0 fully saturated rings. The Kier molecular flexibility index (Phi) is 7.13. The van der Waals surface area contributed by atoms with Gasteiger partial charge in [-0.05, 0) is 47.5 Å². The number of hydrogen-bond acceptors (Lipinski definition) is 6. The molecule has 0 amide bonds. The van der Waals surface area contributed by atoms with Crippen molar-refractivity contribution >= 4 is 27.9 Å². The summed E-state index contributed by atoms with van der Waals surface area (Å²) in [6.45, 7) is 1.19. The summed E-state index contributed by atoms with van der Waals surface area (Å²) in [6.07, 6.45) is 1.99. The van der Waals surface area contributed by atoms with E-state index >= 15 is 4.39 Å². The maximum atomic E-state index is 15.4. The first-order chi connectivity index (χ1) is 20.0. The van der Waals surface area contributed by atoms with E-state index in [4.69, 9.17) is 9.47 Å². The van der Waals surface area contributed by atoms with Crippen LogP contribution in [-0.2, 0) is 24.3 Å². The van der Waals surface area contributed by atoms with Crippen LogP contribution in [0.5, 0.6) is 5.88 Å². The van der Waals surface area contributed by atoms with Gasteiger partial charge in [0.1, 0.15) is 18.2 Å². The van der Waals surface area contributed by atoms with E-state index in [1.54, 1.807) is 37.6 Å². The minimum atomic E-state index is -1.02. The average molecular weight is 552 g/mol. The molecule has 41 heavy (non-hydrogen) atoms. The predicted molar refractivity (Wildman–Crippen MR) is 151 cm³/mol. The van der Waals surface area contributed by atoms with Gasteiger partial charge in [0, 0.05) is 37.1 Å². The Morgan fingerprint density at radius 2 is 1.95 bits per heavy atom. The lowest BCUT2D eigenvalue weighted by Gasteiger charge is -2.11. The molecule has 0 aliphatic rings. The van der Waals surface area contributed by atoms with Crippen LogP contribution in [0.2, 0.25) is 0 Å². The summed E-state index contributed by atoms with van der Waals surface area (Å²) in [7, 11) is 1.59. The third-order valence-corrected chi connectivity index (χ3v) is 6.91. The highest BCUT2D eigenvalue weighted by Crippen LogP contribution is 2.26. The number of nitrogens with one attached hydrogen (secondary N) is 1. The lowest BCUT2D eigenvalue weighted by Crippen LogP contribution is -2.10. The number of H-pyrrole nitrogens is 1. The molecular weight excluding hydrogens is 525 g/mol. The van der Waals surface area contributed by atoms with Crippen LogP contribution in [0.15, 0.2) is 79.0 Å². The molecule has 0 atom stereocenters. The molecule has 0 unspecified atom stereocenters.